The third-order valence-corrected chi connectivity index (χ3v) is 3.79. The Morgan fingerprint density at radius 2 is 1.41 bits per heavy atom. The summed E-state index contributed by atoms with van der Waals surface area (Å²) in [4.78, 5) is 24.4. The SMILES string of the molecule is CCc1c(OC)c(OC)c2c(c1OC)C(O)=C(C)C(=O)C2=O. The summed E-state index contributed by atoms with van der Waals surface area (Å²) in [6, 6.07) is 0. The molecule has 0 amide bonds. The number of Topliss-reactive ketones (excluding diaryl/α,β-unsaturated/α-hetero) is 2. The molecule has 0 spiro atoms. The highest BCUT2D eigenvalue weighted by atomic mass is 16.5. The van der Waals surface area contributed by atoms with E-state index in [1.165, 1.54) is 28.3 Å². The lowest BCUT2D eigenvalue weighted by molar-refractivity contribution is -0.111. The van der Waals surface area contributed by atoms with Gasteiger partial charge in [-0.1, -0.05) is 6.92 Å². The van der Waals surface area contributed by atoms with Gasteiger partial charge in [-0.15, -0.1) is 0 Å². The van der Waals surface area contributed by atoms with Crippen LogP contribution in [0.25, 0.3) is 5.76 Å². The minimum absolute atomic E-state index is 0.00919. The van der Waals surface area contributed by atoms with Gasteiger partial charge in [0.05, 0.1) is 32.5 Å². The summed E-state index contributed by atoms with van der Waals surface area (Å²) in [5, 5.41) is 10.4. The molecule has 1 aliphatic carbocycles. The molecule has 0 aromatic heterocycles. The fourth-order valence-corrected chi connectivity index (χ4v) is 2.71. The molecule has 0 saturated carbocycles. The van der Waals surface area contributed by atoms with Gasteiger partial charge >= 0.3 is 0 Å². The van der Waals surface area contributed by atoms with Gasteiger partial charge in [0.1, 0.15) is 11.5 Å². The van der Waals surface area contributed by atoms with Gasteiger partial charge in [0.25, 0.3) is 0 Å². The maximum Gasteiger partial charge on any atom is 0.238 e. The molecule has 0 unspecified atom stereocenters. The van der Waals surface area contributed by atoms with E-state index in [4.69, 9.17) is 14.2 Å². The van der Waals surface area contributed by atoms with Crippen LogP contribution in [0.15, 0.2) is 5.57 Å². The molecule has 118 valence electrons. The number of fused-ring (bicyclic) bond motifs is 1. The van der Waals surface area contributed by atoms with Crippen molar-refractivity contribution in [2.24, 2.45) is 0 Å². The van der Waals surface area contributed by atoms with Crippen LogP contribution in [0.2, 0.25) is 0 Å². The maximum absolute atomic E-state index is 12.4. The number of ether oxygens (including phenoxy) is 3. The van der Waals surface area contributed by atoms with E-state index in [0.29, 0.717) is 23.5 Å². The van der Waals surface area contributed by atoms with Crippen LogP contribution in [0.1, 0.15) is 35.3 Å². The van der Waals surface area contributed by atoms with Crippen molar-refractivity contribution in [1.82, 2.24) is 0 Å². The summed E-state index contributed by atoms with van der Waals surface area (Å²) in [5.74, 6) is -1.01. The number of benzene rings is 1. The van der Waals surface area contributed by atoms with Crippen molar-refractivity contribution in [3.05, 3.63) is 22.3 Å². The molecule has 1 aromatic rings. The molecule has 1 aromatic carbocycles. The Kier molecular flexibility index (Phi) is 4.12. The number of aliphatic hydroxyl groups is 1. The summed E-state index contributed by atoms with van der Waals surface area (Å²) >= 11 is 0. The topological polar surface area (TPSA) is 82.1 Å². The molecule has 1 aliphatic rings. The zero-order chi connectivity index (χ0) is 16.6. The minimum Gasteiger partial charge on any atom is -0.507 e. The second-order valence-corrected chi connectivity index (χ2v) is 4.81. The largest absolute Gasteiger partial charge is 0.507 e. The van der Waals surface area contributed by atoms with E-state index < -0.39 is 11.6 Å². The first-order chi connectivity index (χ1) is 10.4. The molecule has 1 N–H and O–H groups in total. The molecule has 0 fully saturated rings. The van der Waals surface area contributed by atoms with Crippen LogP contribution in [0.4, 0.5) is 0 Å². The summed E-state index contributed by atoms with van der Waals surface area (Å²) in [5.41, 5.74) is 0.799. The summed E-state index contributed by atoms with van der Waals surface area (Å²) < 4.78 is 16.0. The van der Waals surface area contributed by atoms with E-state index in [9.17, 15) is 14.7 Å². The molecule has 0 saturated heterocycles. The Morgan fingerprint density at radius 1 is 0.864 bits per heavy atom. The van der Waals surface area contributed by atoms with Gasteiger partial charge in [-0.2, -0.15) is 0 Å². The highest BCUT2D eigenvalue weighted by Gasteiger charge is 2.39. The van der Waals surface area contributed by atoms with Crippen LogP contribution >= 0.6 is 0 Å². The molecule has 22 heavy (non-hydrogen) atoms. The zero-order valence-corrected chi connectivity index (χ0v) is 13.2. The second kappa shape index (κ2) is 5.71. The van der Waals surface area contributed by atoms with Crippen molar-refractivity contribution in [3.8, 4) is 17.2 Å². The summed E-state index contributed by atoms with van der Waals surface area (Å²) in [6.45, 7) is 3.29. The van der Waals surface area contributed by atoms with Crippen molar-refractivity contribution in [2.45, 2.75) is 20.3 Å². The Hall–Kier alpha value is -2.50. The van der Waals surface area contributed by atoms with E-state index in [1.54, 1.807) is 0 Å². The van der Waals surface area contributed by atoms with Gasteiger partial charge in [0.15, 0.2) is 11.5 Å². The molecule has 0 bridgehead atoms. The number of rotatable bonds is 4. The number of carbonyl (C=O) groups is 2. The van der Waals surface area contributed by atoms with Crippen molar-refractivity contribution in [1.29, 1.82) is 0 Å². The smallest absolute Gasteiger partial charge is 0.238 e. The fraction of sp³-hybridized carbons (Fsp3) is 0.375. The first-order valence-electron chi connectivity index (χ1n) is 6.78. The van der Waals surface area contributed by atoms with Gasteiger partial charge < -0.3 is 19.3 Å². The zero-order valence-electron chi connectivity index (χ0n) is 13.2. The van der Waals surface area contributed by atoms with Gasteiger partial charge in [0.2, 0.25) is 11.6 Å². The second-order valence-electron chi connectivity index (χ2n) is 4.81. The van der Waals surface area contributed by atoms with Crippen molar-refractivity contribution in [2.75, 3.05) is 21.3 Å². The van der Waals surface area contributed by atoms with Gasteiger partial charge in [-0.3, -0.25) is 9.59 Å². The average Bonchev–Trinajstić information content (AvgIpc) is 2.54. The maximum atomic E-state index is 12.4. The van der Waals surface area contributed by atoms with Crippen LogP contribution in [-0.2, 0) is 11.2 Å². The van der Waals surface area contributed by atoms with E-state index >= 15 is 0 Å². The normalized spacial score (nSPS) is 14.0. The number of hydrogen-bond donors (Lipinski definition) is 1. The van der Waals surface area contributed by atoms with E-state index in [0.717, 1.165) is 0 Å². The number of ketones is 2. The number of hydrogen-bond acceptors (Lipinski definition) is 6. The lowest BCUT2D eigenvalue weighted by atomic mass is 9.85. The third-order valence-electron chi connectivity index (χ3n) is 3.79. The predicted octanol–water partition coefficient (Wildman–Crippen LogP) is 2.33. The van der Waals surface area contributed by atoms with Gasteiger partial charge in [-0.05, 0) is 13.3 Å². The number of aliphatic hydroxyl groups excluding tert-OH is 1. The fourth-order valence-electron chi connectivity index (χ4n) is 2.71. The summed E-state index contributed by atoms with van der Waals surface area (Å²) in [7, 11) is 4.26. The highest BCUT2D eigenvalue weighted by molar-refractivity contribution is 6.52. The molecule has 6 nitrogen and oxygen atoms in total. The van der Waals surface area contributed by atoms with E-state index in [1.807, 2.05) is 6.92 Å². The molecular formula is C16H18O6. The van der Waals surface area contributed by atoms with Crippen LogP contribution < -0.4 is 14.2 Å². The molecule has 0 atom stereocenters. The lowest BCUT2D eigenvalue weighted by Gasteiger charge is -2.25. The third kappa shape index (κ3) is 1.94. The Balaban J connectivity index is 3.05. The molecular weight excluding hydrogens is 288 g/mol. The van der Waals surface area contributed by atoms with Crippen LogP contribution in [0.5, 0.6) is 17.2 Å². The number of carbonyl (C=O) groups excluding carboxylic acids is 2. The molecule has 0 heterocycles. The van der Waals surface area contributed by atoms with Crippen LogP contribution in [0.3, 0.4) is 0 Å². The van der Waals surface area contributed by atoms with Crippen molar-refractivity contribution < 1.29 is 28.9 Å². The highest BCUT2D eigenvalue weighted by Crippen LogP contribution is 2.48. The monoisotopic (exact) mass is 306 g/mol. The Morgan fingerprint density at radius 3 is 1.86 bits per heavy atom. The standard InChI is InChI=1S/C16H18O6/c1-6-8-14(20-3)9-10(16(22-5)15(8)21-4)13(19)12(18)7(2)11(9)17/h17H,6H2,1-5H3. The van der Waals surface area contributed by atoms with E-state index in [-0.39, 0.29) is 28.2 Å². The van der Waals surface area contributed by atoms with Gasteiger partial charge in [-0.25, -0.2) is 0 Å². The average molecular weight is 306 g/mol. The molecule has 0 radical (unpaired) electrons. The molecule has 2 rings (SSSR count). The predicted molar refractivity (Wildman–Crippen MR) is 80.0 cm³/mol. The number of allylic oxidation sites excluding steroid dienone is 1. The first-order valence-corrected chi connectivity index (χ1v) is 6.78. The van der Waals surface area contributed by atoms with Crippen LogP contribution in [0, 0.1) is 0 Å². The molecule has 0 aliphatic heterocycles. The minimum atomic E-state index is -0.767. The van der Waals surface area contributed by atoms with Crippen molar-refractivity contribution >= 4 is 17.3 Å². The Labute approximate surface area is 128 Å². The quantitative estimate of drug-likeness (QED) is 0.860. The van der Waals surface area contributed by atoms with Gasteiger partial charge in [0, 0.05) is 11.1 Å². The van der Waals surface area contributed by atoms with E-state index in [2.05, 4.69) is 0 Å². The van der Waals surface area contributed by atoms with Crippen molar-refractivity contribution in [3.63, 3.8) is 0 Å². The first kappa shape index (κ1) is 15.9. The Bertz CT molecular complexity index is 699. The molecule has 6 heteroatoms. The van der Waals surface area contributed by atoms with Crippen LogP contribution in [-0.4, -0.2) is 38.0 Å². The lowest BCUT2D eigenvalue weighted by Crippen LogP contribution is -2.25. The summed E-state index contributed by atoms with van der Waals surface area (Å²) in [6.07, 6.45) is 0.532. The number of methoxy groups -OCH3 is 3.